The van der Waals surface area contributed by atoms with Crippen LogP contribution in [-0.2, 0) is 28.0 Å². The van der Waals surface area contributed by atoms with E-state index in [9.17, 15) is 9.59 Å². The Bertz CT molecular complexity index is 1190. The zero-order valence-corrected chi connectivity index (χ0v) is 24.6. The number of amides is 2. The molecular weight excluding hydrogens is 540 g/mol. The molecule has 0 radical (unpaired) electrons. The number of hydrogen-bond acceptors (Lipinski definition) is 3. The lowest BCUT2D eigenvalue weighted by molar-refractivity contribution is -0.142. The van der Waals surface area contributed by atoms with Gasteiger partial charge in [-0.1, -0.05) is 111 Å². The van der Waals surface area contributed by atoms with Gasteiger partial charge in [-0.15, -0.1) is 0 Å². The van der Waals surface area contributed by atoms with Gasteiger partial charge in [-0.25, -0.2) is 0 Å². The highest BCUT2D eigenvalue weighted by Gasteiger charge is 2.31. The van der Waals surface area contributed by atoms with Crippen molar-refractivity contribution in [1.29, 1.82) is 0 Å². The summed E-state index contributed by atoms with van der Waals surface area (Å²) >= 11 is 3.48. The van der Waals surface area contributed by atoms with Crippen LogP contribution < -0.4 is 10.1 Å². The molecule has 3 rings (SSSR count). The average molecular weight is 580 g/mol. The molecule has 2 amide bonds. The Balaban J connectivity index is 1.93. The van der Waals surface area contributed by atoms with Crippen molar-refractivity contribution in [2.45, 2.75) is 59.0 Å². The first kappa shape index (κ1) is 29.4. The van der Waals surface area contributed by atoms with Gasteiger partial charge >= 0.3 is 0 Å². The summed E-state index contributed by atoms with van der Waals surface area (Å²) in [6.45, 7) is 11.1. The van der Waals surface area contributed by atoms with Gasteiger partial charge in [0.15, 0.2) is 6.61 Å². The molecule has 0 aliphatic heterocycles. The van der Waals surface area contributed by atoms with E-state index in [2.05, 4.69) is 55.9 Å². The van der Waals surface area contributed by atoms with Crippen molar-refractivity contribution in [3.8, 4) is 5.75 Å². The Labute approximate surface area is 235 Å². The maximum atomic E-state index is 13.8. The molecule has 0 aromatic heterocycles. The van der Waals surface area contributed by atoms with Crippen molar-refractivity contribution in [3.63, 3.8) is 0 Å². The van der Waals surface area contributed by atoms with Crippen LogP contribution in [0.5, 0.6) is 5.75 Å². The van der Waals surface area contributed by atoms with Gasteiger partial charge in [-0.3, -0.25) is 9.59 Å². The predicted molar refractivity (Wildman–Crippen MR) is 157 cm³/mol. The Morgan fingerprint density at radius 3 is 2.16 bits per heavy atom. The molecule has 0 aliphatic carbocycles. The van der Waals surface area contributed by atoms with E-state index < -0.39 is 6.04 Å². The molecule has 0 spiro atoms. The zero-order valence-electron chi connectivity index (χ0n) is 23.0. The van der Waals surface area contributed by atoms with E-state index in [1.807, 2.05) is 78.9 Å². The van der Waals surface area contributed by atoms with Gasteiger partial charge in [-0.05, 0) is 46.2 Å². The standard InChI is InChI=1S/C32H39BrN2O3/c1-23(2)20-34-31(37)28(19-24-11-7-6-8-12-24)35(21-25-15-17-26(33)18-16-25)30(36)22-38-29-14-10-9-13-27(29)32(3,4)5/h6-18,23,28H,19-22H2,1-5H3,(H,34,37)/t28-/m1/s1. The lowest BCUT2D eigenvalue weighted by Crippen LogP contribution is -2.52. The number of para-hydroxylation sites is 1. The van der Waals surface area contributed by atoms with Crippen LogP contribution in [0.1, 0.15) is 51.3 Å². The topological polar surface area (TPSA) is 58.6 Å². The van der Waals surface area contributed by atoms with E-state index in [1.165, 1.54) is 0 Å². The number of carbonyl (C=O) groups is 2. The van der Waals surface area contributed by atoms with Crippen LogP contribution in [0.25, 0.3) is 0 Å². The maximum absolute atomic E-state index is 13.8. The minimum atomic E-state index is -0.686. The van der Waals surface area contributed by atoms with Crippen LogP contribution in [-0.4, -0.2) is 35.9 Å². The summed E-state index contributed by atoms with van der Waals surface area (Å²) in [6.07, 6.45) is 0.408. The molecule has 202 valence electrons. The van der Waals surface area contributed by atoms with Crippen LogP contribution >= 0.6 is 15.9 Å². The van der Waals surface area contributed by atoms with Gasteiger partial charge < -0.3 is 15.0 Å². The number of halogens is 1. The second kappa shape index (κ2) is 13.6. The van der Waals surface area contributed by atoms with Gasteiger partial charge in [0, 0.05) is 24.0 Å². The van der Waals surface area contributed by atoms with E-state index in [-0.39, 0.29) is 23.8 Å². The molecule has 5 nitrogen and oxygen atoms in total. The first-order chi connectivity index (χ1) is 18.0. The fraction of sp³-hybridized carbons (Fsp3) is 0.375. The molecule has 1 N–H and O–H groups in total. The Hall–Kier alpha value is -3.12. The molecule has 0 aliphatic rings. The number of carbonyl (C=O) groups excluding carboxylic acids is 2. The highest BCUT2D eigenvalue weighted by Crippen LogP contribution is 2.31. The van der Waals surface area contributed by atoms with Crippen LogP contribution in [0.4, 0.5) is 0 Å². The molecule has 0 saturated carbocycles. The summed E-state index contributed by atoms with van der Waals surface area (Å²) in [6, 6.07) is 24.8. The van der Waals surface area contributed by atoms with Gasteiger partial charge in [0.05, 0.1) is 0 Å². The fourth-order valence-electron chi connectivity index (χ4n) is 4.20. The minimum Gasteiger partial charge on any atom is -0.483 e. The average Bonchev–Trinajstić information content (AvgIpc) is 2.89. The van der Waals surface area contributed by atoms with Gasteiger partial charge in [-0.2, -0.15) is 0 Å². The molecule has 0 bridgehead atoms. The van der Waals surface area contributed by atoms with Crippen molar-refractivity contribution in [1.82, 2.24) is 10.2 Å². The molecule has 3 aromatic carbocycles. The summed E-state index contributed by atoms with van der Waals surface area (Å²) in [5.74, 6) is 0.574. The number of rotatable bonds is 11. The molecule has 38 heavy (non-hydrogen) atoms. The monoisotopic (exact) mass is 578 g/mol. The first-order valence-corrected chi connectivity index (χ1v) is 13.9. The Kier molecular flexibility index (Phi) is 10.5. The lowest BCUT2D eigenvalue weighted by Gasteiger charge is -2.32. The van der Waals surface area contributed by atoms with Crippen LogP contribution in [0.15, 0.2) is 83.3 Å². The summed E-state index contributed by atoms with van der Waals surface area (Å²) in [4.78, 5) is 29.0. The van der Waals surface area contributed by atoms with Crippen molar-refractivity contribution in [2.75, 3.05) is 13.2 Å². The maximum Gasteiger partial charge on any atom is 0.261 e. The summed E-state index contributed by atoms with van der Waals surface area (Å²) in [5.41, 5.74) is 2.82. The molecule has 0 heterocycles. The molecular formula is C32H39BrN2O3. The van der Waals surface area contributed by atoms with Crippen molar-refractivity contribution in [2.24, 2.45) is 5.92 Å². The number of benzene rings is 3. The minimum absolute atomic E-state index is 0.136. The fourth-order valence-corrected chi connectivity index (χ4v) is 4.46. The summed E-state index contributed by atoms with van der Waals surface area (Å²) in [5, 5.41) is 3.05. The number of nitrogens with one attached hydrogen (secondary N) is 1. The van der Waals surface area contributed by atoms with E-state index in [4.69, 9.17) is 4.74 Å². The van der Waals surface area contributed by atoms with E-state index >= 15 is 0 Å². The van der Waals surface area contributed by atoms with Crippen molar-refractivity contribution in [3.05, 3.63) is 100 Å². The summed E-state index contributed by atoms with van der Waals surface area (Å²) in [7, 11) is 0. The smallest absolute Gasteiger partial charge is 0.261 e. The Morgan fingerprint density at radius 2 is 1.53 bits per heavy atom. The van der Waals surface area contributed by atoms with E-state index in [1.54, 1.807) is 4.90 Å². The molecule has 3 aromatic rings. The molecule has 1 atom stereocenters. The third-order valence-electron chi connectivity index (χ3n) is 6.27. The molecule has 0 fully saturated rings. The van der Waals surface area contributed by atoms with Gasteiger partial charge in [0.1, 0.15) is 11.8 Å². The number of nitrogens with zero attached hydrogens (tertiary/aromatic N) is 1. The normalized spacial score (nSPS) is 12.2. The predicted octanol–water partition coefficient (Wildman–Crippen LogP) is 6.54. The largest absolute Gasteiger partial charge is 0.483 e. The second-order valence-electron chi connectivity index (χ2n) is 11.0. The van der Waals surface area contributed by atoms with E-state index in [0.29, 0.717) is 31.2 Å². The summed E-state index contributed by atoms with van der Waals surface area (Å²) < 4.78 is 7.07. The molecule has 0 unspecified atom stereocenters. The van der Waals surface area contributed by atoms with Crippen LogP contribution in [0.2, 0.25) is 0 Å². The quantitative estimate of drug-likeness (QED) is 0.281. The van der Waals surface area contributed by atoms with Gasteiger partial charge in [0.2, 0.25) is 5.91 Å². The van der Waals surface area contributed by atoms with Crippen LogP contribution in [0, 0.1) is 5.92 Å². The third-order valence-corrected chi connectivity index (χ3v) is 6.80. The molecule has 6 heteroatoms. The second-order valence-corrected chi connectivity index (χ2v) is 11.9. The zero-order chi connectivity index (χ0) is 27.7. The highest BCUT2D eigenvalue weighted by molar-refractivity contribution is 9.10. The van der Waals surface area contributed by atoms with Gasteiger partial charge in [0.25, 0.3) is 5.91 Å². The SMILES string of the molecule is CC(C)CNC(=O)[C@@H](Cc1ccccc1)N(Cc1ccc(Br)cc1)C(=O)COc1ccccc1C(C)(C)C. The number of hydrogen-bond donors (Lipinski definition) is 1. The lowest BCUT2D eigenvalue weighted by atomic mass is 9.86. The molecule has 0 saturated heterocycles. The van der Waals surface area contributed by atoms with E-state index in [0.717, 1.165) is 21.2 Å². The first-order valence-electron chi connectivity index (χ1n) is 13.1. The highest BCUT2D eigenvalue weighted by atomic mass is 79.9. The number of ether oxygens (including phenoxy) is 1. The van der Waals surface area contributed by atoms with Crippen LogP contribution in [0.3, 0.4) is 0 Å². The Morgan fingerprint density at radius 1 is 0.895 bits per heavy atom. The van der Waals surface area contributed by atoms with Crippen molar-refractivity contribution < 1.29 is 14.3 Å². The van der Waals surface area contributed by atoms with Crippen molar-refractivity contribution >= 4 is 27.7 Å². The third kappa shape index (κ3) is 8.73.